The number of rotatable bonds is 6. The van der Waals surface area contributed by atoms with Gasteiger partial charge in [-0.3, -0.25) is 9.97 Å². The van der Waals surface area contributed by atoms with E-state index in [2.05, 4.69) is 230 Å². The van der Waals surface area contributed by atoms with Crippen LogP contribution in [0.4, 0.5) is 34.1 Å². The molecule has 0 bridgehead atoms. The lowest BCUT2D eigenvalue weighted by atomic mass is 9.33. The summed E-state index contributed by atoms with van der Waals surface area (Å²) < 4.78 is 0. The van der Waals surface area contributed by atoms with Crippen molar-refractivity contribution in [3.8, 4) is 22.3 Å². The number of para-hydroxylation sites is 2. The number of benzene rings is 6. The van der Waals surface area contributed by atoms with E-state index in [1.165, 1.54) is 83.6 Å². The highest BCUT2D eigenvalue weighted by molar-refractivity contribution is 7.00. The average molecular weight is 861 g/mol. The second-order valence-corrected chi connectivity index (χ2v) is 21.4. The van der Waals surface area contributed by atoms with Crippen LogP contribution in [0.25, 0.3) is 22.3 Å². The summed E-state index contributed by atoms with van der Waals surface area (Å²) in [5.41, 5.74) is 25.3. The van der Waals surface area contributed by atoms with Crippen molar-refractivity contribution < 1.29 is 0 Å². The summed E-state index contributed by atoms with van der Waals surface area (Å²) >= 11 is 0. The summed E-state index contributed by atoms with van der Waals surface area (Å²) in [4.78, 5) is 14.5. The van der Waals surface area contributed by atoms with Gasteiger partial charge < -0.3 is 9.80 Å². The maximum atomic E-state index is 4.62. The van der Waals surface area contributed by atoms with E-state index in [-0.39, 0.29) is 23.0 Å². The van der Waals surface area contributed by atoms with Gasteiger partial charge in [-0.25, -0.2) is 0 Å². The quantitative estimate of drug-likeness (QED) is 0.156. The predicted molar refractivity (Wildman–Crippen MR) is 282 cm³/mol. The maximum absolute atomic E-state index is 4.62. The minimum Gasteiger partial charge on any atom is -0.311 e. The monoisotopic (exact) mass is 860 g/mol. The third-order valence-electron chi connectivity index (χ3n) is 14.5. The van der Waals surface area contributed by atoms with E-state index in [1.54, 1.807) is 0 Å². The van der Waals surface area contributed by atoms with Gasteiger partial charge in [-0.2, -0.15) is 0 Å². The van der Waals surface area contributed by atoms with Gasteiger partial charge in [0.1, 0.15) is 0 Å². The molecular formula is C61H61BN4. The Bertz CT molecular complexity index is 2980. The summed E-state index contributed by atoms with van der Waals surface area (Å²) in [6.07, 6.45) is 8.02. The second kappa shape index (κ2) is 15.7. The van der Waals surface area contributed by atoms with Crippen LogP contribution in [0.5, 0.6) is 0 Å². The van der Waals surface area contributed by atoms with Crippen molar-refractivity contribution in [2.45, 2.75) is 99.3 Å². The minimum atomic E-state index is -0.345. The van der Waals surface area contributed by atoms with Crippen molar-refractivity contribution >= 4 is 57.2 Å². The first-order chi connectivity index (χ1) is 31.4. The third kappa shape index (κ3) is 6.98. The Balaban J connectivity index is 1.39. The molecule has 2 aromatic heterocycles. The molecule has 0 saturated heterocycles. The second-order valence-electron chi connectivity index (χ2n) is 21.4. The van der Waals surface area contributed by atoms with Gasteiger partial charge in [-0.1, -0.05) is 146 Å². The highest BCUT2D eigenvalue weighted by Crippen LogP contribution is 2.51. The van der Waals surface area contributed by atoms with Gasteiger partial charge in [0, 0.05) is 64.1 Å². The van der Waals surface area contributed by atoms with E-state index < -0.39 is 0 Å². The zero-order valence-electron chi connectivity index (χ0n) is 40.8. The predicted octanol–water partition coefficient (Wildman–Crippen LogP) is 14.0. The zero-order valence-corrected chi connectivity index (χ0v) is 40.8. The molecule has 10 rings (SSSR count). The summed E-state index contributed by atoms with van der Waals surface area (Å²) in [6.45, 7) is 27.5. The van der Waals surface area contributed by atoms with Crippen molar-refractivity contribution in [1.29, 1.82) is 0 Å². The maximum Gasteiger partial charge on any atom is 0.252 e. The van der Waals surface area contributed by atoms with Crippen LogP contribution >= 0.6 is 0 Å². The number of aryl methyl sites for hydroxylation is 4. The molecule has 4 nitrogen and oxygen atoms in total. The number of hydrogen-bond acceptors (Lipinski definition) is 4. The third-order valence-corrected chi connectivity index (χ3v) is 14.5. The van der Waals surface area contributed by atoms with E-state index in [0.29, 0.717) is 0 Å². The van der Waals surface area contributed by atoms with Crippen LogP contribution in [0.15, 0.2) is 152 Å². The molecule has 0 N–H and O–H groups in total. The summed E-state index contributed by atoms with van der Waals surface area (Å²) in [6, 6.07) is 48.8. The molecule has 328 valence electrons. The molecule has 0 aliphatic carbocycles. The van der Waals surface area contributed by atoms with Crippen LogP contribution in [0.3, 0.4) is 0 Å². The molecule has 5 heteroatoms. The highest BCUT2D eigenvalue weighted by Gasteiger charge is 2.46. The Morgan fingerprint density at radius 3 is 1.18 bits per heavy atom. The Kier molecular flexibility index (Phi) is 10.3. The molecule has 0 amide bonds. The van der Waals surface area contributed by atoms with Crippen molar-refractivity contribution in [1.82, 2.24) is 9.97 Å². The molecular weight excluding hydrogens is 800 g/mol. The number of pyridine rings is 2. The molecule has 0 radical (unpaired) electrons. The molecule has 8 aromatic rings. The van der Waals surface area contributed by atoms with Gasteiger partial charge in [-0.05, 0) is 147 Å². The lowest BCUT2D eigenvalue weighted by Gasteiger charge is -2.46. The summed E-state index contributed by atoms with van der Waals surface area (Å²) in [5, 5.41) is 0. The van der Waals surface area contributed by atoms with E-state index >= 15 is 0 Å². The molecule has 0 spiro atoms. The smallest absolute Gasteiger partial charge is 0.252 e. The normalized spacial score (nSPS) is 13.4. The summed E-state index contributed by atoms with van der Waals surface area (Å²) in [7, 11) is 0. The number of hydrogen-bond donors (Lipinski definition) is 0. The lowest BCUT2D eigenvalue weighted by Crippen LogP contribution is -2.62. The molecule has 0 saturated carbocycles. The number of nitrogens with zero attached hydrogens (tertiary/aromatic N) is 4. The standard InChI is InChI=1S/C61H61BN4/c1-38-34-63-35-39(2)56(38)46-22-16-18-24-50(46)65-52-28-26-43(59(5,6)7)30-48(52)62-49-31-44(60(8,9)10)27-29-53(49)66(51-25-19-17-23-47(51)57-40(3)36-64-37-41(57)4)55-33-45(32-54(65)58(55)62)61(11,12)42-20-14-13-15-21-42/h13-37H,1-12H3. The Morgan fingerprint density at radius 1 is 0.379 bits per heavy atom. The number of anilines is 6. The minimum absolute atomic E-state index is 0.0425. The fraction of sp³-hybridized carbons (Fsp3) is 0.246. The molecule has 4 heterocycles. The van der Waals surface area contributed by atoms with Gasteiger partial charge in [0.2, 0.25) is 0 Å². The van der Waals surface area contributed by atoms with Crippen molar-refractivity contribution in [3.63, 3.8) is 0 Å². The topological polar surface area (TPSA) is 32.3 Å². The fourth-order valence-corrected chi connectivity index (χ4v) is 10.9. The molecule has 66 heavy (non-hydrogen) atoms. The molecule has 0 atom stereocenters. The van der Waals surface area contributed by atoms with Gasteiger partial charge in [0.25, 0.3) is 6.71 Å². The largest absolute Gasteiger partial charge is 0.311 e. The molecule has 0 fully saturated rings. The van der Waals surface area contributed by atoms with Crippen LogP contribution in [0, 0.1) is 27.7 Å². The SMILES string of the molecule is Cc1cncc(C)c1-c1ccccc1N1c2ccc(C(C)(C)C)cc2B2c3cc(C(C)(C)C)ccc3N(c3ccccc3-c3c(C)cncc3C)c3cc(C(C)(C)c4ccccc4)cc1c32. The van der Waals surface area contributed by atoms with Gasteiger partial charge in [-0.15, -0.1) is 0 Å². The lowest BCUT2D eigenvalue weighted by molar-refractivity contribution is 0.590. The zero-order chi connectivity index (χ0) is 46.4. The molecule has 6 aromatic carbocycles. The van der Waals surface area contributed by atoms with E-state index in [0.717, 1.165) is 33.6 Å². The first-order valence-electron chi connectivity index (χ1n) is 23.6. The van der Waals surface area contributed by atoms with Crippen molar-refractivity contribution in [2.24, 2.45) is 0 Å². The fourth-order valence-electron chi connectivity index (χ4n) is 10.9. The van der Waals surface area contributed by atoms with Crippen LogP contribution in [-0.4, -0.2) is 16.7 Å². The first kappa shape index (κ1) is 43.2. The van der Waals surface area contributed by atoms with Crippen LogP contribution in [-0.2, 0) is 16.2 Å². The van der Waals surface area contributed by atoms with E-state index in [1.807, 2.05) is 24.8 Å². The summed E-state index contributed by atoms with van der Waals surface area (Å²) in [5.74, 6) is 0. The first-order valence-corrected chi connectivity index (χ1v) is 23.6. The molecule has 0 unspecified atom stereocenters. The molecule has 2 aliphatic heterocycles. The van der Waals surface area contributed by atoms with Crippen molar-refractivity contribution in [2.75, 3.05) is 9.80 Å². The van der Waals surface area contributed by atoms with E-state index in [9.17, 15) is 0 Å². The van der Waals surface area contributed by atoms with Crippen LogP contribution in [0.1, 0.15) is 99.9 Å². The van der Waals surface area contributed by atoms with Gasteiger partial charge in [0.15, 0.2) is 0 Å². The number of aromatic nitrogens is 2. The van der Waals surface area contributed by atoms with Crippen LogP contribution in [0.2, 0.25) is 0 Å². The Morgan fingerprint density at radius 2 is 0.773 bits per heavy atom. The average Bonchev–Trinajstić information content (AvgIpc) is 3.28. The van der Waals surface area contributed by atoms with E-state index in [4.69, 9.17) is 0 Å². The van der Waals surface area contributed by atoms with Gasteiger partial charge >= 0.3 is 0 Å². The Labute approximate surface area is 393 Å². The molecule has 2 aliphatic rings. The van der Waals surface area contributed by atoms with Crippen LogP contribution < -0.4 is 26.2 Å². The highest BCUT2D eigenvalue weighted by atomic mass is 15.2. The van der Waals surface area contributed by atoms with Crippen molar-refractivity contribution in [3.05, 3.63) is 197 Å². The van der Waals surface area contributed by atoms with Gasteiger partial charge in [0.05, 0.1) is 11.4 Å². The number of fused-ring (bicyclic) bond motifs is 4. The Hall–Kier alpha value is -6.72.